The second kappa shape index (κ2) is 8.76. The maximum Gasteiger partial charge on any atom is 0.220 e. The maximum absolute atomic E-state index is 11.6. The first-order valence-electron chi connectivity index (χ1n) is 6.64. The van der Waals surface area contributed by atoms with Crippen LogP contribution in [0.15, 0.2) is 0 Å². The zero-order valence-corrected chi connectivity index (χ0v) is 12.0. The van der Waals surface area contributed by atoms with E-state index in [1.54, 1.807) is 0 Å². The molecule has 0 radical (unpaired) electrons. The van der Waals surface area contributed by atoms with Gasteiger partial charge in [-0.3, -0.25) is 4.79 Å². The van der Waals surface area contributed by atoms with Gasteiger partial charge in [0.1, 0.15) is 0 Å². The van der Waals surface area contributed by atoms with Gasteiger partial charge in [-0.15, -0.1) is 12.4 Å². The average molecular weight is 263 g/mol. The molecule has 0 aromatic heterocycles. The van der Waals surface area contributed by atoms with Gasteiger partial charge in [-0.1, -0.05) is 26.7 Å². The second-order valence-electron chi connectivity index (χ2n) is 5.29. The second-order valence-corrected chi connectivity index (χ2v) is 5.29. The highest BCUT2D eigenvalue weighted by atomic mass is 35.5. The lowest BCUT2D eigenvalue weighted by Gasteiger charge is -2.34. The highest BCUT2D eigenvalue weighted by Crippen LogP contribution is 2.26. The summed E-state index contributed by atoms with van der Waals surface area (Å²) in [5.41, 5.74) is 0.311. The fourth-order valence-corrected chi connectivity index (χ4v) is 2.14. The standard InChI is InChI=1S/C13H26N2O.ClH/c1-3-4-5-6-12(16)15-11-13(2)7-9-14-10-8-13;/h14H,3-11H2,1-2H3,(H,15,16);1H. The number of unbranched alkanes of at least 4 members (excludes halogenated alkanes) is 2. The molecule has 0 spiro atoms. The van der Waals surface area contributed by atoms with Crippen LogP contribution in [0.2, 0.25) is 0 Å². The van der Waals surface area contributed by atoms with Gasteiger partial charge >= 0.3 is 0 Å². The Kier molecular flexibility index (Phi) is 8.61. The zero-order chi connectivity index (χ0) is 11.9. The first-order chi connectivity index (χ1) is 7.66. The molecule has 4 heteroatoms. The Labute approximate surface area is 112 Å². The normalized spacial score (nSPS) is 18.2. The first-order valence-corrected chi connectivity index (χ1v) is 6.64. The molecule has 1 amide bonds. The summed E-state index contributed by atoms with van der Waals surface area (Å²) >= 11 is 0. The topological polar surface area (TPSA) is 41.1 Å². The summed E-state index contributed by atoms with van der Waals surface area (Å²) in [7, 11) is 0. The van der Waals surface area contributed by atoms with Crippen LogP contribution in [0.4, 0.5) is 0 Å². The van der Waals surface area contributed by atoms with Crippen LogP contribution in [0.25, 0.3) is 0 Å². The van der Waals surface area contributed by atoms with Crippen molar-refractivity contribution in [3.8, 4) is 0 Å². The Morgan fingerprint density at radius 3 is 2.53 bits per heavy atom. The highest BCUT2D eigenvalue weighted by Gasteiger charge is 2.26. The molecule has 0 aromatic carbocycles. The van der Waals surface area contributed by atoms with Crippen LogP contribution in [0.1, 0.15) is 52.4 Å². The number of piperidine rings is 1. The van der Waals surface area contributed by atoms with Gasteiger partial charge < -0.3 is 10.6 Å². The number of amides is 1. The molecule has 17 heavy (non-hydrogen) atoms. The Balaban J connectivity index is 0.00000256. The monoisotopic (exact) mass is 262 g/mol. The Hall–Kier alpha value is -0.280. The summed E-state index contributed by atoms with van der Waals surface area (Å²) in [4.78, 5) is 11.6. The molecule has 3 nitrogen and oxygen atoms in total. The molecular formula is C13H27ClN2O. The molecule has 0 bridgehead atoms. The minimum Gasteiger partial charge on any atom is -0.356 e. The Morgan fingerprint density at radius 2 is 1.94 bits per heavy atom. The van der Waals surface area contributed by atoms with Crippen LogP contribution in [-0.4, -0.2) is 25.5 Å². The van der Waals surface area contributed by atoms with Crippen molar-refractivity contribution in [1.29, 1.82) is 0 Å². The zero-order valence-electron chi connectivity index (χ0n) is 11.2. The van der Waals surface area contributed by atoms with Crippen molar-refractivity contribution in [2.24, 2.45) is 5.41 Å². The van der Waals surface area contributed by atoms with Gasteiger partial charge in [-0.25, -0.2) is 0 Å². The van der Waals surface area contributed by atoms with Crippen LogP contribution >= 0.6 is 12.4 Å². The summed E-state index contributed by atoms with van der Waals surface area (Å²) in [6, 6.07) is 0. The van der Waals surface area contributed by atoms with E-state index >= 15 is 0 Å². The fraction of sp³-hybridized carbons (Fsp3) is 0.923. The van der Waals surface area contributed by atoms with E-state index in [1.165, 1.54) is 19.3 Å². The summed E-state index contributed by atoms with van der Waals surface area (Å²) in [5.74, 6) is 0.230. The molecule has 1 fully saturated rings. The molecule has 0 aromatic rings. The number of hydrogen-bond donors (Lipinski definition) is 2. The lowest BCUT2D eigenvalue weighted by Crippen LogP contribution is -2.42. The minimum absolute atomic E-state index is 0. The third-order valence-electron chi connectivity index (χ3n) is 3.53. The van der Waals surface area contributed by atoms with E-state index in [1.807, 2.05) is 0 Å². The highest BCUT2D eigenvalue weighted by molar-refractivity contribution is 5.85. The predicted octanol–water partition coefficient (Wildman–Crippen LogP) is 2.49. The number of rotatable bonds is 6. The van der Waals surface area contributed by atoms with Gasteiger partial charge in [-0.05, 0) is 37.8 Å². The van der Waals surface area contributed by atoms with Gasteiger partial charge in [0.15, 0.2) is 0 Å². The molecule has 0 unspecified atom stereocenters. The smallest absolute Gasteiger partial charge is 0.220 e. The molecule has 0 saturated carbocycles. The molecule has 0 atom stereocenters. The van der Waals surface area contributed by atoms with E-state index < -0.39 is 0 Å². The third kappa shape index (κ3) is 6.89. The predicted molar refractivity (Wildman–Crippen MR) is 74.6 cm³/mol. The summed E-state index contributed by atoms with van der Waals surface area (Å²) in [5, 5.41) is 6.44. The quantitative estimate of drug-likeness (QED) is 0.722. The van der Waals surface area contributed by atoms with E-state index in [2.05, 4.69) is 24.5 Å². The molecule has 1 saturated heterocycles. The molecule has 1 aliphatic rings. The summed E-state index contributed by atoms with van der Waals surface area (Å²) in [6.45, 7) is 7.46. The van der Waals surface area contributed by atoms with Crippen LogP contribution in [-0.2, 0) is 4.79 Å². The van der Waals surface area contributed by atoms with Crippen LogP contribution in [0.5, 0.6) is 0 Å². The van der Waals surface area contributed by atoms with Crippen LogP contribution in [0, 0.1) is 5.41 Å². The molecule has 102 valence electrons. The third-order valence-corrected chi connectivity index (χ3v) is 3.53. The number of carbonyl (C=O) groups excluding carboxylic acids is 1. The van der Waals surface area contributed by atoms with Crippen molar-refractivity contribution in [3.63, 3.8) is 0 Å². The van der Waals surface area contributed by atoms with Crippen LogP contribution in [0.3, 0.4) is 0 Å². The largest absolute Gasteiger partial charge is 0.356 e. The van der Waals surface area contributed by atoms with Gasteiger partial charge in [-0.2, -0.15) is 0 Å². The van der Waals surface area contributed by atoms with E-state index in [0.29, 0.717) is 11.8 Å². The SMILES string of the molecule is CCCCCC(=O)NCC1(C)CCNCC1.Cl. The number of carbonyl (C=O) groups is 1. The number of nitrogens with one attached hydrogen (secondary N) is 2. The minimum atomic E-state index is 0. The van der Waals surface area contributed by atoms with Gasteiger partial charge in [0, 0.05) is 13.0 Å². The summed E-state index contributed by atoms with van der Waals surface area (Å²) in [6.07, 6.45) is 6.40. The van der Waals surface area contributed by atoms with Crippen molar-refractivity contribution in [3.05, 3.63) is 0 Å². The van der Waals surface area contributed by atoms with Crippen molar-refractivity contribution in [1.82, 2.24) is 10.6 Å². The van der Waals surface area contributed by atoms with Gasteiger partial charge in [0.25, 0.3) is 0 Å². The first kappa shape index (κ1) is 16.7. The van der Waals surface area contributed by atoms with Crippen molar-refractivity contribution >= 4 is 18.3 Å². The maximum atomic E-state index is 11.6. The number of hydrogen-bond acceptors (Lipinski definition) is 2. The van der Waals surface area contributed by atoms with Crippen molar-refractivity contribution in [2.75, 3.05) is 19.6 Å². The number of halogens is 1. The van der Waals surface area contributed by atoms with Gasteiger partial charge in [0.05, 0.1) is 0 Å². The van der Waals surface area contributed by atoms with E-state index in [-0.39, 0.29) is 18.3 Å². The van der Waals surface area contributed by atoms with Crippen molar-refractivity contribution < 1.29 is 4.79 Å². The molecule has 0 aliphatic carbocycles. The van der Waals surface area contributed by atoms with E-state index in [9.17, 15) is 4.79 Å². The Morgan fingerprint density at radius 1 is 1.29 bits per heavy atom. The molecule has 1 rings (SSSR count). The summed E-state index contributed by atoms with van der Waals surface area (Å²) < 4.78 is 0. The molecule has 1 aliphatic heterocycles. The lowest BCUT2D eigenvalue weighted by atomic mass is 9.81. The molecular weight excluding hydrogens is 236 g/mol. The van der Waals surface area contributed by atoms with Gasteiger partial charge in [0.2, 0.25) is 5.91 Å². The lowest BCUT2D eigenvalue weighted by molar-refractivity contribution is -0.121. The molecule has 1 heterocycles. The molecule has 2 N–H and O–H groups in total. The van der Waals surface area contributed by atoms with E-state index in [4.69, 9.17) is 0 Å². The van der Waals surface area contributed by atoms with Crippen LogP contribution < -0.4 is 10.6 Å². The van der Waals surface area contributed by atoms with E-state index in [0.717, 1.165) is 32.5 Å². The Bertz CT molecular complexity index is 215. The average Bonchev–Trinajstić information content (AvgIpc) is 2.28. The fourth-order valence-electron chi connectivity index (χ4n) is 2.14. The van der Waals surface area contributed by atoms with Crippen molar-refractivity contribution in [2.45, 2.75) is 52.4 Å².